The summed E-state index contributed by atoms with van der Waals surface area (Å²) in [6, 6.07) is 0.0301. The molecule has 2 aliphatic heterocycles. The molecule has 0 aromatic carbocycles. The Morgan fingerprint density at radius 3 is 2.76 bits per heavy atom. The van der Waals surface area contributed by atoms with Gasteiger partial charge in [-0.3, -0.25) is 4.79 Å². The van der Waals surface area contributed by atoms with Crippen LogP contribution >= 0.6 is 0 Å². The van der Waals surface area contributed by atoms with Crippen molar-refractivity contribution < 1.29 is 14.3 Å². The molecule has 8 nitrogen and oxygen atoms in total. The molecule has 1 saturated carbocycles. The average molecular weight is 399 g/mol. The molecule has 0 bridgehead atoms. The van der Waals surface area contributed by atoms with E-state index in [0.29, 0.717) is 25.3 Å². The zero-order valence-corrected chi connectivity index (χ0v) is 16.9. The molecule has 1 aliphatic carbocycles. The number of hydrogen-bond acceptors (Lipinski definition) is 6. The topological polar surface area (TPSA) is 84.1 Å². The van der Waals surface area contributed by atoms with E-state index in [1.807, 2.05) is 11.7 Å². The van der Waals surface area contributed by atoms with E-state index < -0.39 is 0 Å². The SMILES string of the molecule is Cn1cnc(C(=O)C[C@H]2CO[C@H]3[C@@H]2OC[C@@H]3n2cc(CC3CCCCC3)nn2)c1. The minimum absolute atomic E-state index is 0.0301. The zero-order valence-electron chi connectivity index (χ0n) is 16.9. The van der Waals surface area contributed by atoms with Crippen LogP contribution in [0.1, 0.15) is 60.7 Å². The van der Waals surface area contributed by atoms with Crippen LogP contribution in [0.25, 0.3) is 0 Å². The molecule has 5 rings (SSSR count). The molecule has 0 unspecified atom stereocenters. The van der Waals surface area contributed by atoms with Gasteiger partial charge in [-0.15, -0.1) is 5.10 Å². The Labute approximate surface area is 170 Å². The molecular weight excluding hydrogens is 370 g/mol. The number of rotatable bonds is 6. The molecule has 8 heteroatoms. The highest BCUT2D eigenvalue weighted by atomic mass is 16.6. The van der Waals surface area contributed by atoms with Crippen LogP contribution in [0.15, 0.2) is 18.7 Å². The summed E-state index contributed by atoms with van der Waals surface area (Å²) < 4.78 is 15.8. The summed E-state index contributed by atoms with van der Waals surface area (Å²) in [5.41, 5.74) is 1.58. The number of aromatic nitrogens is 5. The molecule has 156 valence electrons. The second-order valence-electron chi connectivity index (χ2n) is 8.87. The number of ether oxygens (including phenoxy) is 2. The first-order chi connectivity index (χ1) is 14.2. The van der Waals surface area contributed by atoms with Gasteiger partial charge in [-0.1, -0.05) is 37.3 Å². The Kier molecular flexibility index (Phi) is 5.22. The molecule has 2 aromatic heterocycles. The van der Waals surface area contributed by atoms with Crippen molar-refractivity contribution in [1.82, 2.24) is 24.5 Å². The number of nitrogens with zero attached hydrogens (tertiary/aromatic N) is 5. The predicted molar refractivity (Wildman–Crippen MR) is 104 cm³/mol. The van der Waals surface area contributed by atoms with Gasteiger partial charge in [-0.25, -0.2) is 9.67 Å². The molecule has 29 heavy (non-hydrogen) atoms. The van der Waals surface area contributed by atoms with Crippen LogP contribution in [0.3, 0.4) is 0 Å². The summed E-state index contributed by atoms with van der Waals surface area (Å²) in [6.45, 7) is 1.09. The van der Waals surface area contributed by atoms with Crippen LogP contribution in [0.2, 0.25) is 0 Å². The molecular formula is C21H29N5O3. The molecule has 0 spiro atoms. The summed E-state index contributed by atoms with van der Waals surface area (Å²) in [5.74, 6) is 0.846. The maximum Gasteiger partial charge on any atom is 0.183 e. The van der Waals surface area contributed by atoms with Crippen LogP contribution < -0.4 is 0 Å². The quantitative estimate of drug-likeness (QED) is 0.694. The van der Waals surface area contributed by atoms with E-state index in [9.17, 15) is 4.79 Å². The minimum Gasteiger partial charge on any atom is -0.373 e. The first-order valence-electron chi connectivity index (χ1n) is 10.8. The van der Waals surface area contributed by atoms with Crippen molar-refractivity contribution in [2.75, 3.05) is 13.2 Å². The molecule has 4 heterocycles. The van der Waals surface area contributed by atoms with Gasteiger partial charge in [0.25, 0.3) is 0 Å². The first-order valence-corrected chi connectivity index (χ1v) is 10.8. The third-order valence-corrected chi connectivity index (χ3v) is 6.69. The smallest absolute Gasteiger partial charge is 0.183 e. The number of hydrogen-bond donors (Lipinski definition) is 0. The van der Waals surface area contributed by atoms with Crippen molar-refractivity contribution in [3.63, 3.8) is 0 Å². The molecule has 3 aliphatic rings. The average Bonchev–Trinajstić information content (AvgIpc) is 3.49. The molecule has 2 saturated heterocycles. The number of fused-ring (bicyclic) bond motifs is 1. The van der Waals surface area contributed by atoms with Gasteiger partial charge in [-0.05, 0) is 12.3 Å². The molecule has 0 N–H and O–H groups in total. The number of carbonyl (C=O) groups excluding carboxylic acids is 1. The number of ketones is 1. The summed E-state index contributed by atoms with van der Waals surface area (Å²) in [7, 11) is 1.86. The van der Waals surface area contributed by atoms with Gasteiger partial charge in [0.05, 0.1) is 31.3 Å². The lowest BCUT2D eigenvalue weighted by atomic mass is 9.86. The lowest BCUT2D eigenvalue weighted by Crippen LogP contribution is -2.29. The largest absolute Gasteiger partial charge is 0.373 e. The van der Waals surface area contributed by atoms with Gasteiger partial charge in [0.2, 0.25) is 0 Å². The van der Waals surface area contributed by atoms with Crippen molar-refractivity contribution in [2.24, 2.45) is 18.9 Å². The van der Waals surface area contributed by atoms with Gasteiger partial charge in [0, 0.05) is 31.8 Å². The van der Waals surface area contributed by atoms with Gasteiger partial charge in [0.15, 0.2) is 5.78 Å². The highest BCUT2D eigenvalue weighted by molar-refractivity contribution is 5.94. The molecule has 0 radical (unpaired) electrons. The lowest BCUT2D eigenvalue weighted by Gasteiger charge is -2.20. The Balaban J connectivity index is 1.20. The normalized spacial score (nSPS) is 30.0. The Hall–Kier alpha value is -2.06. The summed E-state index contributed by atoms with van der Waals surface area (Å²) in [5, 5.41) is 8.80. The zero-order chi connectivity index (χ0) is 19.8. The third kappa shape index (κ3) is 3.88. The van der Waals surface area contributed by atoms with Gasteiger partial charge < -0.3 is 14.0 Å². The lowest BCUT2D eigenvalue weighted by molar-refractivity contribution is 0.0584. The fourth-order valence-corrected chi connectivity index (χ4v) is 5.12. The van der Waals surface area contributed by atoms with Crippen molar-refractivity contribution in [2.45, 2.75) is 63.2 Å². The van der Waals surface area contributed by atoms with E-state index in [4.69, 9.17) is 9.47 Å². The summed E-state index contributed by atoms with van der Waals surface area (Å²) >= 11 is 0. The van der Waals surface area contributed by atoms with E-state index in [1.165, 1.54) is 32.1 Å². The standard InChI is InChI=1S/C21H29N5O3/c1-25-10-17(22-13-25)19(27)8-15-11-28-21-18(12-29-20(15)21)26-9-16(23-24-26)7-14-5-3-2-4-6-14/h9-10,13-15,18,20-21H,2-8,11-12H2,1H3/t15-,18-,20+,21+/m0/s1. The van der Waals surface area contributed by atoms with Crippen LogP contribution in [-0.4, -0.2) is 55.7 Å². The number of carbonyl (C=O) groups is 1. The fraction of sp³-hybridized carbons (Fsp3) is 0.714. The predicted octanol–water partition coefficient (Wildman–Crippen LogP) is 2.36. The fourth-order valence-electron chi connectivity index (χ4n) is 5.12. The highest BCUT2D eigenvalue weighted by Gasteiger charge is 2.49. The van der Waals surface area contributed by atoms with Crippen molar-refractivity contribution in [1.29, 1.82) is 0 Å². The summed E-state index contributed by atoms with van der Waals surface area (Å²) in [6.07, 6.45) is 13.4. The van der Waals surface area contributed by atoms with Crippen molar-refractivity contribution in [3.05, 3.63) is 30.1 Å². The first kappa shape index (κ1) is 18.9. The van der Waals surface area contributed by atoms with E-state index >= 15 is 0 Å². The molecule has 2 aromatic rings. The second kappa shape index (κ2) is 7.99. The second-order valence-corrected chi connectivity index (χ2v) is 8.87. The minimum atomic E-state index is -0.0707. The summed E-state index contributed by atoms with van der Waals surface area (Å²) in [4.78, 5) is 16.7. The Morgan fingerprint density at radius 2 is 1.97 bits per heavy atom. The molecule has 0 amide bonds. The van der Waals surface area contributed by atoms with E-state index in [2.05, 4.69) is 21.5 Å². The maximum absolute atomic E-state index is 12.5. The van der Waals surface area contributed by atoms with Crippen molar-refractivity contribution in [3.8, 4) is 0 Å². The van der Waals surface area contributed by atoms with Crippen LogP contribution in [-0.2, 0) is 22.9 Å². The van der Waals surface area contributed by atoms with Crippen LogP contribution in [0.4, 0.5) is 0 Å². The number of Topliss-reactive ketones (excluding diaryl/α,β-unsaturated/α-hetero) is 1. The van der Waals surface area contributed by atoms with Crippen molar-refractivity contribution >= 4 is 5.78 Å². The van der Waals surface area contributed by atoms with E-state index in [0.717, 1.165) is 18.0 Å². The molecule has 3 fully saturated rings. The van der Waals surface area contributed by atoms with E-state index in [-0.39, 0.29) is 30.0 Å². The third-order valence-electron chi connectivity index (χ3n) is 6.69. The number of imidazole rings is 1. The Morgan fingerprint density at radius 1 is 1.14 bits per heavy atom. The molecule has 4 atom stereocenters. The Bertz CT molecular complexity index is 856. The number of aryl methyl sites for hydroxylation is 1. The monoisotopic (exact) mass is 399 g/mol. The van der Waals surface area contributed by atoms with Gasteiger partial charge >= 0.3 is 0 Å². The van der Waals surface area contributed by atoms with Crippen LogP contribution in [0, 0.1) is 11.8 Å². The maximum atomic E-state index is 12.5. The van der Waals surface area contributed by atoms with Crippen LogP contribution in [0.5, 0.6) is 0 Å². The van der Waals surface area contributed by atoms with Gasteiger partial charge in [0.1, 0.15) is 17.8 Å². The van der Waals surface area contributed by atoms with E-state index in [1.54, 1.807) is 17.1 Å². The van der Waals surface area contributed by atoms with Gasteiger partial charge in [-0.2, -0.15) is 0 Å². The highest BCUT2D eigenvalue weighted by Crippen LogP contribution is 2.38.